The molecule has 0 spiro atoms. The van der Waals surface area contributed by atoms with Crippen molar-refractivity contribution in [2.75, 3.05) is 71.4 Å². The van der Waals surface area contributed by atoms with Crippen molar-refractivity contribution in [2.24, 2.45) is 0 Å². The highest BCUT2D eigenvalue weighted by molar-refractivity contribution is 5.64. The lowest BCUT2D eigenvalue weighted by atomic mass is 10.0. The average Bonchev–Trinajstić information content (AvgIpc) is 3.55. The molecule has 3 saturated heterocycles. The van der Waals surface area contributed by atoms with E-state index in [0.717, 1.165) is 66.7 Å². The molecule has 9 heteroatoms. The molecule has 0 amide bonds. The minimum atomic E-state index is 0.103. The van der Waals surface area contributed by atoms with Crippen molar-refractivity contribution in [3.8, 4) is 28.8 Å². The number of piperazine rings is 1. The molecule has 9 nitrogen and oxygen atoms in total. The smallest absolute Gasteiger partial charge is 0.142 e. The molecule has 3 fully saturated rings. The van der Waals surface area contributed by atoms with Gasteiger partial charge >= 0.3 is 0 Å². The molecule has 220 valence electrons. The topological polar surface area (TPSA) is 89.8 Å². The fourth-order valence-electron chi connectivity index (χ4n) is 6.37. The number of rotatable bonds is 8. The molecule has 3 aromatic rings. The van der Waals surface area contributed by atoms with Crippen LogP contribution in [0.1, 0.15) is 36.2 Å². The molecule has 0 aliphatic carbocycles. The normalized spacial score (nSPS) is 20.4. The van der Waals surface area contributed by atoms with Gasteiger partial charge in [-0.15, -0.1) is 0 Å². The Balaban J connectivity index is 1.11. The van der Waals surface area contributed by atoms with E-state index in [9.17, 15) is 5.26 Å². The minimum Gasteiger partial charge on any atom is -0.495 e. The molecule has 1 unspecified atom stereocenters. The Kier molecular flexibility index (Phi) is 8.84. The molecule has 0 radical (unpaired) electrons. The summed E-state index contributed by atoms with van der Waals surface area (Å²) in [6, 6.07) is 17.0. The molecule has 1 aromatic heterocycles. The van der Waals surface area contributed by atoms with E-state index in [1.807, 2.05) is 24.3 Å². The van der Waals surface area contributed by atoms with E-state index < -0.39 is 0 Å². The van der Waals surface area contributed by atoms with Crippen molar-refractivity contribution in [1.29, 1.82) is 5.26 Å². The molecule has 2 aromatic carbocycles. The van der Waals surface area contributed by atoms with Gasteiger partial charge in [0.25, 0.3) is 0 Å². The quantitative estimate of drug-likeness (QED) is 0.439. The fourth-order valence-corrected chi connectivity index (χ4v) is 6.37. The third kappa shape index (κ3) is 6.51. The van der Waals surface area contributed by atoms with Gasteiger partial charge in [0.2, 0.25) is 0 Å². The van der Waals surface area contributed by atoms with Crippen LogP contribution in [0.3, 0.4) is 0 Å². The van der Waals surface area contributed by atoms with Crippen molar-refractivity contribution < 1.29 is 9.47 Å². The van der Waals surface area contributed by atoms with E-state index in [2.05, 4.69) is 56.3 Å². The molecule has 4 heterocycles. The first kappa shape index (κ1) is 28.4. The van der Waals surface area contributed by atoms with Gasteiger partial charge in [0.1, 0.15) is 29.5 Å². The van der Waals surface area contributed by atoms with Crippen LogP contribution in [0.2, 0.25) is 0 Å². The number of anilines is 1. The van der Waals surface area contributed by atoms with Gasteiger partial charge in [-0.25, -0.2) is 9.97 Å². The van der Waals surface area contributed by atoms with Crippen LogP contribution in [0.15, 0.2) is 48.7 Å². The second-order valence-corrected chi connectivity index (χ2v) is 11.7. The van der Waals surface area contributed by atoms with Crippen LogP contribution < -0.4 is 19.7 Å². The first-order valence-corrected chi connectivity index (χ1v) is 15.2. The van der Waals surface area contributed by atoms with Crippen molar-refractivity contribution in [3.63, 3.8) is 0 Å². The lowest BCUT2D eigenvalue weighted by Crippen LogP contribution is -2.52. The maximum Gasteiger partial charge on any atom is 0.142 e. The molecule has 6 rings (SSSR count). The number of hydrogen-bond acceptors (Lipinski definition) is 9. The minimum absolute atomic E-state index is 0.103. The number of likely N-dealkylation sites (N-methyl/N-ethyl adjacent to an activating group) is 1. The van der Waals surface area contributed by atoms with Gasteiger partial charge < -0.3 is 24.6 Å². The van der Waals surface area contributed by atoms with Crippen LogP contribution in [-0.2, 0) is 6.42 Å². The second kappa shape index (κ2) is 13.1. The van der Waals surface area contributed by atoms with E-state index >= 15 is 0 Å². The zero-order valence-corrected chi connectivity index (χ0v) is 24.8. The Bertz CT molecular complexity index is 1400. The molecule has 3 aliphatic rings. The summed E-state index contributed by atoms with van der Waals surface area (Å²) in [5.41, 5.74) is 4.45. The largest absolute Gasteiger partial charge is 0.495 e. The summed E-state index contributed by atoms with van der Waals surface area (Å²) in [5.74, 6) is 2.25. The van der Waals surface area contributed by atoms with Crippen LogP contribution in [0.25, 0.3) is 11.3 Å². The molecule has 3 aliphatic heterocycles. The number of piperidine rings is 1. The number of methoxy groups -OCH3 is 1. The standard InChI is InChI=1S/C33H41N7O2/c1-38-15-17-39(18-16-38)27-9-13-40(14-10-27)30-5-3-24(19-32(30)41-2)20-33-36-12-8-29(37-33)25-4-6-31(26(21-25)22-34)42-28-7-11-35-23-28/h3-6,8,12,19,21,27-28,35H,7,9-11,13-18,20,23H2,1-2H3. The van der Waals surface area contributed by atoms with Gasteiger partial charge in [-0.1, -0.05) is 6.07 Å². The Morgan fingerprint density at radius 3 is 2.55 bits per heavy atom. The SMILES string of the molecule is COc1cc(Cc2nccc(-c3ccc(OC4CCNC4)c(C#N)c3)n2)ccc1N1CCC(N2CCN(C)CC2)CC1. The summed E-state index contributed by atoms with van der Waals surface area (Å²) in [6.07, 6.45) is 5.81. The summed E-state index contributed by atoms with van der Waals surface area (Å²) in [5, 5.41) is 13.1. The predicted octanol–water partition coefficient (Wildman–Crippen LogP) is 3.57. The Hall–Kier alpha value is -3.71. The van der Waals surface area contributed by atoms with Crippen molar-refractivity contribution in [2.45, 2.75) is 37.8 Å². The first-order valence-electron chi connectivity index (χ1n) is 15.2. The number of nitrogens with zero attached hydrogens (tertiary/aromatic N) is 6. The number of ether oxygens (including phenoxy) is 2. The first-order chi connectivity index (χ1) is 20.6. The van der Waals surface area contributed by atoms with E-state index in [4.69, 9.17) is 14.5 Å². The van der Waals surface area contributed by atoms with E-state index in [0.29, 0.717) is 23.8 Å². The summed E-state index contributed by atoms with van der Waals surface area (Å²) < 4.78 is 11.9. The Labute approximate surface area is 249 Å². The number of nitriles is 1. The zero-order chi connectivity index (χ0) is 28.9. The number of nitrogens with one attached hydrogen (secondary N) is 1. The van der Waals surface area contributed by atoms with Gasteiger partial charge in [-0.3, -0.25) is 4.90 Å². The Morgan fingerprint density at radius 2 is 1.81 bits per heavy atom. The summed E-state index contributed by atoms with van der Waals surface area (Å²) in [7, 11) is 3.97. The van der Waals surface area contributed by atoms with E-state index in [1.54, 1.807) is 13.3 Å². The van der Waals surface area contributed by atoms with Gasteiger partial charge in [-0.05, 0) is 74.8 Å². The molecule has 1 atom stereocenters. The predicted molar refractivity (Wildman–Crippen MR) is 164 cm³/mol. The molecule has 1 N–H and O–H groups in total. The molecule has 0 saturated carbocycles. The van der Waals surface area contributed by atoms with Crippen LogP contribution in [-0.4, -0.2) is 98.4 Å². The maximum absolute atomic E-state index is 9.76. The van der Waals surface area contributed by atoms with Crippen LogP contribution >= 0.6 is 0 Å². The molecular weight excluding hydrogens is 526 g/mol. The summed E-state index contributed by atoms with van der Waals surface area (Å²) >= 11 is 0. The van der Waals surface area contributed by atoms with Gasteiger partial charge in [0, 0.05) is 70.0 Å². The molecule has 42 heavy (non-hydrogen) atoms. The van der Waals surface area contributed by atoms with Gasteiger partial charge in [-0.2, -0.15) is 5.26 Å². The third-order valence-corrected chi connectivity index (χ3v) is 8.88. The summed E-state index contributed by atoms with van der Waals surface area (Å²) in [6.45, 7) is 8.54. The summed E-state index contributed by atoms with van der Waals surface area (Å²) in [4.78, 5) is 17.0. The van der Waals surface area contributed by atoms with Crippen molar-refractivity contribution >= 4 is 5.69 Å². The number of hydrogen-bond donors (Lipinski definition) is 1. The lowest BCUT2D eigenvalue weighted by Gasteiger charge is -2.42. The monoisotopic (exact) mass is 567 g/mol. The molecule has 0 bridgehead atoms. The average molecular weight is 568 g/mol. The number of benzene rings is 2. The highest BCUT2D eigenvalue weighted by Crippen LogP contribution is 2.33. The maximum atomic E-state index is 9.76. The Morgan fingerprint density at radius 1 is 0.976 bits per heavy atom. The highest BCUT2D eigenvalue weighted by Gasteiger charge is 2.28. The van der Waals surface area contributed by atoms with E-state index in [-0.39, 0.29) is 6.10 Å². The third-order valence-electron chi connectivity index (χ3n) is 8.88. The highest BCUT2D eigenvalue weighted by atomic mass is 16.5. The van der Waals surface area contributed by atoms with Gasteiger partial charge in [0.05, 0.1) is 24.1 Å². The van der Waals surface area contributed by atoms with Crippen molar-refractivity contribution in [3.05, 3.63) is 65.6 Å². The lowest BCUT2D eigenvalue weighted by molar-refractivity contribution is 0.0981. The number of aromatic nitrogens is 2. The molecular formula is C33H41N7O2. The van der Waals surface area contributed by atoms with Gasteiger partial charge in [0.15, 0.2) is 0 Å². The fraction of sp³-hybridized carbons (Fsp3) is 0.485. The van der Waals surface area contributed by atoms with Crippen LogP contribution in [0.5, 0.6) is 11.5 Å². The van der Waals surface area contributed by atoms with Crippen molar-refractivity contribution in [1.82, 2.24) is 25.1 Å². The zero-order valence-electron chi connectivity index (χ0n) is 24.8. The van der Waals surface area contributed by atoms with Crippen LogP contribution in [0.4, 0.5) is 5.69 Å². The van der Waals surface area contributed by atoms with Crippen LogP contribution in [0, 0.1) is 11.3 Å². The second-order valence-electron chi connectivity index (χ2n) is 11.7. The van der Waals surface area contributed by atoms with E-state index in [1.165, 1.54) is 39.0 Å².